The number of sulfonamides is 1. The van der Waals surface area contributed by atoms with Crippen LogP contribution in [0.3, 0.4) is 0 Å². The average molecular weight is 417 g/mol. The van der Waals surface area contributed by atoms with Gasteiger partial charge < -0.3 is 9.52 Å². The minimum Gasteiger partial charge on any atom is -0.478 e. The Morgan fingerprint density at radius 1 is 1.24 bits per heavy atom. The number of nitrogens with one attached hydrogen (secondary N) is 1. The van der Waals surface area contributed by atoms with E-state index in [1.165, 1.54) is 39.5 Å². The Morgan fingerprint density at radius 2 is 1.97 bits per heavy atom. The Hall–Kier alpha value is -3.11. The van der Waals surface area contributed by atoms with Crippen LogP contribution in [0, 0.1) is 0 Å². The standard InChI is InChI=1S/C19H19N3O6S/c1-19(9-10-19)20-29(26,27)13-5-6-14-15(11-13)22(18(25)21(14)2)16-7-3-12(28-16)4-8-17(23)24/h3-8,11,20H,9-10H2,1-2H3,(H,23,24). The summed E-state index contributed by atoms with van der Waals surface area (Å²) in [6, 6.07) is 7.51. The van der Waals surface area contributed by atoms with Crippen LogP contribution in [0.5, 0.6) is 0 Å². The van der Waals surface area contributed by atoms with Crippen LogP contribution in [0.25, 0.3) is 23.0 Å². The number of aromatic nitrogens is 2. The molecule has 0 atom stereocenters. The Labute approximate surface area is 165 Å². The monoisotopic (exact) mass is 417 g/mol. The van der Waals surface area contributed by atoms with Gasteiger partial charge >= 0.3 is 11.7 Å². The fourth-order valence-electron chi connectivity index (χ4n) is 3.08. The van der Waals surface area contributed by atoms with Crippen LogP contribution in [0.15, 0.2) is 50.5 Å². The van der Waals surface area contributed by atoms with Gasteiger partial charge in [-0.2, -0.15) is 0 Å². The zero-order chi connectivity index (χ0) is 21.0. The zero-order valence-electron chi connectivity index (χ0n) is 15.7. The lowest BCUT2D eigenvalue weighted by molar-refractivity contribution is -0.131. The highest BCUT2D eigenvalue weighted by Crippen LogP contribution is 2.36. The molecule has 1 fully saturated rings. The number of carbonyl (C=O) groups is 1. The molecule has 1 aromatic carbocycles. The third-order valence-corrected chi connectivity index (χ3v) is 6.58. The van der Waals surface area contributed by atoms with Crippen LogP contribution in [0.2, 0.25) is 0 Å². The SMILES string of the molecule is Cn1c(=O)n(-c2ccc(C=CC(=O)O)o2)c2cc(S(=O)(=O)NC3(C)CC3)ccc21. The topological polar surface area (TPSA) is 124 Å². The summed E-state index contributed by atoms with van der Waals surface area (Å²) in [7, 11) is -2.17. The number of rotatable bonds is 6. The van der Waals surface area contributed by atoms with Crippen molar-refractivity contribution in [2.45, 2.75) is 30.2 Å². The molecule has 0 amide bonds. The second kappa shape index (κ2) is 6.46. The number of aryl methyl sites for hydroxylation is 1. The molecule has 0 bridgehead atoms. The number of carboxylic acid groups (broad SMARTS) is 1. The minimum absolute atomic E-state index is 0.0510. The summed E-state index contributed by atoms with van der Waals surface area (Å²) >= 11 is 0. The van der Waals surface area contributed by atoms with E-state index in [1.807, 2.05) is 6.92 Å². The molecule has 152 valence electrons. The number of fused-ring (bicyclic) bond motifs is 1. The molecule has 29 heavy (non-hydrogen) atoms. The molecule has 0 unspecified atom stereocenters. The minimum atomic E-state index is -3.74. The summed E-state index contributed by atoms with van der Waals surface area (Å²) in [5.41, 5.74) is 0.0612. The van der Waals surface area contributed by atoms with Crippen LogP contribution in [0.1, 0.15) is 25.5 Å². The lowest BCUT2D eigenvalue weighted by Crippen LogP contribution is -2.34. The second-order valence-corrected chi connectivity index (χ2v) is 9.02. The Bertz CT molecular complexity index is 1320. The second-order valence-electron chi connectivity index (χ2n) is 7.34. The van der Waals surface area contributed by atoms with Gasteiger partial charge in [-0.3, -0.25) is 4.57 Å². The van der Waals surface area contributed by atoms with E-state index < -0.39 is 27.2 Å². The van der Waals surface area contributed by atoms with Gasteiger partial charge in [-0.15, -0.1) is 0 Å². The first-order valence-electron chi connectivity index (χ1n) is 8.86. The van der Waals surface area contributed by atoms with Gasteiger partial charge in [0.05, 0.1) is 15.9 Å². The van der Waals surface area contributed by atoms with E-state index in [0.29, 0.717) is 11.0 Å². The lowest BCUT2D eigenvalue weighted by atomic mass is 10.3. The molecule has 1 saturated carbocycles. The number of hydrogen-bond acceptors (Lipinski definition) is 5. The molecule has 3 aromatic rings. The van der Waals surface area contributed by atoms with Crippen molar-refractivity contribution in [3.8, 4) is 5.88 Å². The van der Waals surface area contributed by atoms with Gasteiger partial charge in [-0.1, -0.05) is 0 Å². The highest BCUT2D eigenvalue weighted by molar-refractivity contribution is 7.89. The number of nitrogens with zero attached hydrogens (tertiary/aromatic N) is 2. The van der Waals surface area contributed by atoms with Crippen molar-refractivity contribution in [2.24, 2.45) is 7.05 Å². The summed E-state index contributed by atoms with van der Waals surface area (Å²) in [5.74, 6) is -0.724. The van der Waals surface area contributed by atoms with Crippen LogP contribution in [-0.4, -0.2) is 34.2 Å². The maximum absolute atomic E-state index is 12.8. The molecular weight excluding hydrogens is 398 g/mol. The van der Waals surface area contributed by atoms with E-state index in [-0.39, 0.29) is 16.5 Å². The Kier molecular flexibility index (Phi) is 4.28. The first kappa shape index (κ1) is 19.2. The van der Waals surface area contributed by atoms with Gasteiger partial charge in [-0.25, -0.2) is 27.3 Å². The van der Waals surface area contributed by atoms with Crippen molar-refractivity contribution in [1.82, 2.24) is 13.9 Å². The number of furan rings is 1. The molecule has 10 heteroatoms. The van der Waals surface area contributed by atoms with E-state index in [4.69, 9.17) is 9.52 Å². The quantitative estimate of drug-likeness (QED) is 0.590. The van der Waals surface area contributed by atoms with E-state index in [9.17, 15) is 18.0 Å². The van der Waals surface area contributed by atoms with Crippen molar-refractivity contribution >= 4 is 33.1 Å². The first-order chi connectivity index (χ1) is 13.6. The molecular formula is C19H19N3O6S. The van der Waals surface area contributed by atoms with Crippen molar-refractivity contribution in [3.05, 3.63) is 52.7 Å². The maximum atomic E-state index is 12.8. The Morgan fingerprint density at radius 3 is 2.62 bits per heavy atom. The summed E-state index contributed by atoms with van der Waals surface area (Å²) in [5, 5.41) is 8.73. The van der Waals surface area contributed by atoms with E-state index >= 15 is 0 Å². The third kappa shape index (κ3) is 3.52. The van der Waals surface area contributed by atoms with Crippen LogP contribution < -0.4 is 10.4 Å². The normalized spacial score (nSPS) is 15.9. The fraction of sp³-hybridized carbons (Fsp3) is 0.263. The van der Waals surface area contributed by atoms with Crippen LogP contribution in [0.4, 0.5) is 0 Å². The number of hydrogen-bond donors (Lipinski definition) is 2. The number of imidazole rings is 1. The van der Waals surface area contributed by atoms with Gasteiger partial charge in [0, 0.05) is 24.7 Å². The van der Waals surface area contributed by atoms with Gasteiger partial charge in [0.25, 0.3) is 0 Å². The number of carboxylic acids is 1. The summed E-state index contributed by atoms with van der Waals surface area (Å²) in [6.45, 7) is 1.84. The molecule has 9 nitrogen and oxygen atoms in total. The smallest absolute Gasteiger partial charge is 0.335 e. The molecule has 2 N–H and O–H groups in total. The van der Waals surface area contributed by atoms with Gasteiger partial charge in [0.15, 0.2) is 0 Å². The summed E-state index contributed by atoms with van der Waals surface area (Å²) < 4.78 is 36.4. The van der Waals surface area contributed by atoms with E-state index in [0.717, 1.165) is 18.9 Å². The lowest BCUT2D eigenvalue weighted by Gasteiger charge is -2.12. The molecule has 0 spiro atoms. The molecule has 0 aliphatic heterocycles. The number of benzene rings is 1. The predicted octanol–water partition coefficient (Wildman–Crippen LogP) is 1.85. The molecule has 1 aliphatic rings. The highest BCUT2D eigenvalue weighted by Gasteiger charge is 2.41. The fourth-order valence-corrected chi connectivity index (χ4v) is 4.57. The van der Waals surface area contributed by atoms with Gasteiger partial charge in [-0.05, 0) is 50.1 Å². The van der Waals surface area contributed by atoms with Crippen molar-refractivity contribution in [3.63, 3.8) is 0 Å². The molecule has 2 aromatic heterocycles. The van der Waals surface area contributed by atoms with Crippen LogP contribution in [-0.2, 0) is 21.9 Å². The first-order valence-corrected chi connectivity index (χ1v) is 10.3. The largest absolute Gasteiger partial charge is 0.478 e. The third-order valence-electron chi connectivity index (χ3n) is 4.94. The molecule has 1 aliphatic carbocycles. The summed E-state index contributed by atoms with van der Waals surface area (Å²) in [6.07, 6.45) is 3.74. The maximum Gasteiger partial charge on any atom is 0.335 e. The van der Waals surface area contributed by atoms with Crippen molar-refractivity contribution in [1.29, 1.82) is 0 Å². The summed E-state index contributed by atoms with van der Waals surface area (Å²) in [4.78, 5) is 23.5. The van der Waals surface area contributed by atoms with Gasteiger partial charge in [0.1, 0.15) is 5.76 Å². The van der Waals surface area contributed by atoms with Crippen LogP contribution >= 0.6 is 0 Å². The highest BCUT2D eigenvalue weighted by atomic mass is 32.2. The number of aliphatic carboxylic acids is 1. The zero-order valence-corrected chi connectivity index (χ0v) is 16.6. The molecule has 0 saturated heterocycles. The average Bonchev–Trinajstić information content (AvgIpc) is 3.09. The Balaban J connectivity index is 1.83. The predicted molar refractivity (Wildman–Crippen MR) is 105 cm³/mol. The van der Waals surface area contributed by atoms with Gasteiger partial charge in [0.2, 0.25) is 15.9 Å². The van der Waals surface area contributed by atoms with E-state index in [2.05, 4.69) is 4.72 Å². The molecule has 2 heterocycles. The van der Waals surface area contributed by atoms with E-state index in [1.54, 1.807) is 13.1 Å². The van der Waals surface area contributed by atoms with Crippen molar-refractivity contribution < 1.29 is 22.7 Å². The van der Waals surface area contributed by atoms with Crippen molar-refractivity contribution in [2.75, 3.05) is 0 Å². The molecule has 4 rings (SSSR count). The molecule has 0 radical (unpaired) electrons.